The third kappa shape index (κ3) is 4.81. The van der Waals surface area contributed by atoms with Gasteiger partial charge in [-0.2, -0.15) is 0 Å². The van der Waals surface area contributed by atoms with Crippen molar-refractivity contribution in [1.82, 2.24) is 4.98 Å². The molecular weight excluding hydrogens is 528 g/mol. The number of Topliss-reactive ketones (excluding diaryl/α,β-unsaturated/α-hetero) is 1. The molecule has 0 bridgehead atoms. The third-order valence-corrected chi connectivity index (χ3v) is 8.19. The Bertz CT molecular complexity index is 1760. The average Bonchev–Trinajstić information content (AvgIpc) is 3.26. The molecule has 4 aromatic rings. The number of amides is 2. The standard InChI is InChI=1S/C35H30N2O5/c1-20-12-17-29-27(18-20)28(35(41)42-22(3)32(38)24-9-5-4-6-10-24)19-30(36-29)23-13-15-25(16-14-23)37-33(39)26-11-7-8-21(2)31(26)34(37)40/h4-10,12-19,21-22,26,31H,11H2,1-3H3/t21-,22+,26+,31+/m0/s1. The van der Waals surface area contributed by atoms with Crippen LogP contribution in [0.4, 0.5) is 5.69 Å². The predicted molar refractivity (Wildman–Crippen MR) is 160 cm³/mol. The van der Waals surface area contributed by atoms with Crippen LogP contribution >= 0.6 is 0 Å². The Balaban J connectivity index is 1.31. The Morgan fingerprint density at radius 2 is 1.69 bits per heavy atom. The summed E-state index contributed by atoms with van der Waals surface area (Å²) < 4.78 is 5.65. The van der Waals surface area contributed by atoms with Gasteiger partial charge in [-0.15, -0.1) is 0 Å². The number of ketones is 1. The maximum Gasteiger partial charge on any atom is 0.339 e. The van der Waals surface area contributed by atoms with Gasteiger partial charge in [0.2, 0.25) is 17.6 Å². The van der Waals surface area contributed by atoms with Gasteiger partial charge < -0.3 is 4.74 Å². The van der Waals surface area contributed by atoms with Crippen LogP contribution in [0.25, 0.3) is 22.2 Å². The van der Waals surface area contributed by atoms with Crippen LogP contribution in [0.3, 0.4) is 0 Å². The van der Waals surface area contributed by atoms with Gasteiger partial charge in [-0.25, -0.2) is 9.78 Å². The van der Waals surface area contributed by atoms with E-state index in [9.17, 15) is 19.2 Å². The first-order chi connectivity index (χ1) is 20.2. The number of hydrogen-bond donors (Lipinski definition) is 0. The van der Waals surface area contributed by atoms with Crippen LogP contribution in [-0.4, -0.2) is 34.7 Å². The second kappa shape index (κ2) is 10.8. The summed E-state index contributed by atoms with van der Waals surface area (Å²) in [6, 6.07) is 23.1. The first-order valence-corrected chi connectivity index (χ1v) is 14.1. The van der Waals surface area contributed by atoms with Crippen molar-refractivity contribution < 1.29 is 23.9 Å². The highest BCUT2D eigenvalue weighted by molar-refractivity contribution is 6.22. The molecule has 1 aliphatic heterocycles. The minimum absolute atomic E-state index is 0.0128. The molecule has 2 aliphatic rings. The van der Waals surface area contributed by atoms with Crippen LogP contribution in [0.2, 0.25) is 0 Å². The van der Waals surface area contributed by atoms with Crippen molar-refractivity contribution in [2.75, 3.05) is 4.90 Å². The second-order valence-corrected chi connectivity index (χ2v) is 11.1. The lowest BCUT2D eigenvalue weighted by molar-refractivity contribution is -0.122. The van der Waals surface area contributed by atoms with Crippen LogP contribution in [-0.2, 0) is 14.3 Å². The van der Waals surface area contributed by atoms with Gasteiger partial charge in [0.05, 0.1) is 34.3 Å². The first kappa shape index (κ1) is 27.3. The Labute approximate surface area is 243 Å². The maximum atomic E-state index is 13.5. The van der Waals surface area contributed by atoms with Crippen molar-refractivity contribution in [3.63, 3.8) is 0 Å². The minimum atomic E-state index is -0.979. The van der Waals surface area contributed by atoms with Crippen molar-refractivity contribution >= 4 is 40.2 Å². The number of allylic oxidation sites excluding steroid dienone is 2. The number of hydrogen-bond acceptors (Lipinski definition) is 6. The molecule has 1 saturated heterocycles. The molecule has 1 fully saturated rings. The van der Waals surface area contributed by atoms with Gasteiger partial charge in [0.25, 0.3) is 0 Å². The van der Waals surface area contributed by atoms with Crippen molar-refractivity contribution in [2.24, 2.45) is 17.8 Å². The average molecular weight is 559 g/mol. The summed E-state index contributed by atoms with van der Waals surface area (Å²) in [5, 5.41) is 0.623. The molecule has 4 atom stereocenters. The normalized spacial score (nSPS) is 20.5. The number of rotatable bonds is 6. The summed E-state index contributed by atoms with van der Waals surface area (Å²) in [4.78, 5) is 58.8. The highest BCUT2D eigenvalue weighted by Gasteiger charge is 2.50. The number of aromatic nitrogens is 1. The lowest BCUT2D eigenvalue weighted by Crippen LogP contribution is -2.31. The highest BCUT2D eigenvalue weighted by Crippen LogP contribution is 2.40. The largest absolute Gasteiger partial charge is 0.451 e. The number of carbonyl (C=O) groups excluding carboxylic acids is 4. The van der Waals surface area contributed by atoms with E-state index in [1.165, 1.54) is 4.90 Å². The van der Waals surface area contributed by atoms with E-state index in [-0.39, 0.29) is 35.4 Å². The van der Waals surface area contributed by atoms with Crippen LogP contribution in [0, 0.1) is 24.7 Å². The lowest BCUT2D eigenvalue weighted by atomic mass is 9.78. The summed E-state index contributed by atoms with van der Waals surface area (Å²) in [6.07, 6.45) is 3.58. The Hall–Kier alpha value is -4.91. The highest BCUT2D eigenvalue weighted by atomic mass is 16.5. The fourth-order valence-electron chi connectivity index (χ4n) is 5.95. The number of ether oxygens (including phenoxy) is 1. The lowest BCUT2D eigenvalue weighted by Gasteiger charge is -2.22. The van der Waals surface area contributed by atoms with Crippen LogP contribution in [0.1, 0.15) is 46.5 Å². The van der Waals surface area contributed by atoms with E-state index in [2.05, 4.69) is 0 Å². The topological polar surface area (TPSA) is 93.6 Å². The molecule has 1 aromatic heterocycles. The number of nitrogens with zero attached hydrogens (tertiary/aromatic N) is 2. The summed E-state index contributed by atoms with van der Waals surface area (Å²) in [6.45, 7) is 5.46. The monoisotopic (exact) mass is 558 g/mol. The van der Waals surface area contributed by atoms with E-state index in [0.717, 1.165) is 5.56 Å². The van der Waals surface area contributed by atoms with E-state index in [4.69, 9.17) is 9.72 Å². The van der Waals surface area contributed by atoms with Gasteiger partial charge in [0.1, 0.15) is 0 Å². The number of anilines is 1. The molecule has 0 radical (unpaired) electrons. The van der Waals surface area contributed by atoms with Crippen LogP contribution in [0.15, 0.2) is 91.0 Å². The Kier molecular flexibility index (Phi) is 7.02. The molecule has 7 heteroatoms. The SMILES string of the molecule is Cc1ccc2nc(-c3ccc(N4C(=O)[C@@H]5[C@@H](C)C=CC[C@H]5C4=O)cc3)cc(C(=O)O[C@H](C)C(=O)c3ccccc3)c2c1. The molecule has 7 nitrogen and oxygen atoms in total. The van der Waals surface area contributed by atoms with E-state index in [1.54, 1.807) is 61.5 Å². The van der Waals surface area contributed by atoms with Crippen molar-refractivity contribution in [1.29, 1.82) is 0 Å². The fraction of sp³-hybridized carbons (Fsp3) is 0.229. The number of carbonyl (C=O) groups is 4. The van der Waals surface area contributed by atoms with Crippen molar-refractivity contribution in [2.45, 2.75) is 33.3 Å². The van der Waals surface area contributed by atoms with E-state index in [1.807, 2.05) is 50.3 Å². The van der Waals surface area contributed by atoms with E-state index >= 15 is 0 Å². The molecule has 210 valence electrons. The number of imide groups is 1. The summed E-state index contributed by atoms with van der Waals surface area (Å²) in [7, 11) is 0. The number of aryl methyl sites for hydroxylation is 1. The van der Waals surface area contributed by atoms with Crippen LogP contribution in [0.5, 0.6) is 0 Å². The zero-order valence-electron chi connectivity index (χ0n) is 23.6. The summed E-state index contributed by atoms with van der Waals surface area (Å²) in [5.41, 5.74) is 4.06. The number of pyridine rings is 1. The van der Waals surface area contributed by atoms with Crippen molar-refractivity contribution in [3.05, 3.63) is 108 Å². The Morgan fingerprint density at radius 3 is 2.40 bits per heavy atom. The molecular formula is C35H30N2O5. The molecule has 0 unspecified atom stereocenters. The van der Waals surface area contributed by atoms with Crippen molar-refractivity contribution in [3.8, 4) is 11.3 Å². The van der Waals surface area contributed by atoms with Gasteiger partial charge in [0.15, 0.2) is 6.10 Å². The quantitative estimate of drug-likeness (QED) is 0.119. The van der Waals surface area contributed by atoms with Gasteiger partial charge in [-0.05, 0) is 56.5 Å². The maximum absolute atomic E-state index is 13.5. The number of esters is 1. The fourth-order valence-corrected chi connectivity index (χ4v) is 5.95. The number of benzene rings is 3. The molecule has 0 spiro atoms. The summed E-state index contributed by atoms with van der Waals surface area (Å²) >= 11 is 0. The molecule has 0 saturated carbocycles. The van der Waals surface area contributed by atoms with Gasteiger partial charge >= 0.3 is 5.97 Å². The zero-order valence-corrected chi connectivity index (χ0v) is 23.6. The molecule has 2 amide bonds. The van der Waals surface area contributed by atoms with E-state index in [0.29, 0.717) is 45.4 Å². The molecule has 1 aliphatic carbocycles. The molecule has 3 aromatic carbocycles. The third-order valence-electron chi connectivity index (χ3n) is 8.19. The minimum Gasteiger partial charge on any atom is -0.451 e. The molecule has 2 heterocycles. The number of fused-ring (bicyclic) bond motifs is 2. The molecule has 42 heavy (non-hydrogen) atoms. The molecule has 0 N–H and O–H groups in total. The zero-order chi connectivity index (χ0) is 29.5. The van der Waals surface area contributed by atoms with Gasteiger partial charge in [0, 0.05) is 16.5 Å². The van der Waals surface area contributed by atoms with E-state index < -0.39 is 12.1 Å². The smallest absolute Gasteiger partial charge is 0.339 e. The van der Waals surface area contributed by atoms with Crippen LogP contribution < -0.4 is 4.90 Å². The second-order valence-electron chi connectivity index (χ2n) is 11.1. The van der Waals surface area contributed by atoms with Gasteiger partial charge in [-0.1, -0.05) is 73.2 Å². The summed E-state index contributed by atoms with van der Waals surface area (Å²) in [5.74, 6) is -1.90. The Morgan fingerprint density at radius 1 is 0.952 bits per heavy atom. The predicted octanol–water partition coefficient (Wildman–Crippen LogP) is 6.34. The van der Waals surface area contributed by atoms with Gasteiger partial charge in [-0.3, -0.25) is 19.3 Å². The molecule has 6 rings (SSSR count). The first-order valence-electron chi connectivity index (χ1n) is 14.1.